The van der Waals surface area contributed by atoms with E-state index >= 15 is 0 Å². The minimum atomic E-state index is -1.54. The highest BCUT2D eigenvalue weighted by Gasteiger charge is 2.31. The molecule has 10 heteroatoms. The van der Waals surface area contributed by atoms with Gasteiger partial charge in [0.2, 0.25) is 5.91 Å². The third-order valence-electron chi connectivity index (χ3n) is 4.51. The Kier molecular flexibility index (Phi) is 8.07. The van der Waals surface area contributed by atoms with Crippen LogP contribution < -0.4 is 14.8 Å². The summed E-state index contributed by atoms with van der Waals surface area (Å²) in [5, 5.41) is 12.2. The van der Waals surface area contributed by atoms with Crippen molar-refractivity contribution in [3.8, 4) is 11.5 Å². The van der Waals surface area contributed by atoms with E-state index in [4.69, 9.17) is 44.3 Å². The van der Waals surface area contributed by atoms with Crippen LogP contribution in [0.15, 0.2) is 12.1 Å². The molecule has 0 aliphatic carbocycles. The average Bonchev–Trinajstić information content (AvgIpc) is 3.13. The Labute approximate surface area is 178 Å². The monoisotopic (exact) mass is 452 g/mol. The van der Waals surface area contributed by atoms with Crippen molar-refractivity contribution in [3.63, 3.8) is 0 Å². The second-order valence-corrected chi connectivity index (χ2v) is 8.91. The fraction of sp³-hybridized carbons (Fsp3) is 0.556. The number of hydrogen-bond acceptors (Lipinski definition) is 5. The molecule has 0 aromatic heterocycles. The van der Waals surface area contributed by atoms with Gasteiger partial charge >= 0.3 is 0 Å². The Morgan fingerprint density at radius 1 is 1.25 bits per heavy atom. The summed E-state index contributed by atoms with van der Waals surface area (Å²) in [6.07, 6.45) is 1.51. The van der Waals surface area contributed by atoms with E-state index in [1.54, 1.807) is 4.90 Å². The summed E-state index contributed by atoms with van der Waals surface area (Å²) in [4.78, 5) is 27.0. The van der Waals surface area contributed by atoms with E-state index in [2.05, 4.69) is 5.32 Å². The molecule has 156 valence electrons. The van der Waals surface area contributed by atoms with Crippen LogP contribution in [0.25, 0.3) is 0 Å². The zero-order valence-electron chi connectivity index (χ0n) is 15.6. The highest BCUT2D eigenvalue weighted by Crippen LogP contribution is 2.36. The van der Waals surface area contributed by atoms with Crippen LogP contribution in [0.1, 0.15) is 36.0 Å². The smallest absolute Gasteiger partial charge is 0.256 e. The van der Waals surface area contributed by atoms with Crippen molar-refractivity contribution in [2.45, 2.75) is 35.5 Å². The van der Waals surface area contributed by atoms with E-state index in [9.17, 15) is 14.7 Å². The molecule has 0 spiro atoms. The fourth-order valence-electron chi connectivity index (χ4n) is 3.07. The van der Waals surface area contributed by atoms with E-state index in [0.717, 1.165) is 12.8 Å². The molecule has 1 aromatic carbocycles. The Hall–Kier alpha value is -1.41. The van der Waals surface area contributed by atoms with Gasteiger partial charge in [0.05, 0.1) is 38.1 Å². The number of nitrogens with one attached hydrogen (secondary N) is 1. The normalized spacial score (nSPS) is 16.8. The summed E-state index contributed by atoms with van der Waals surface area (Å²) in [5.41, 5.74) is 0.501. The predicted octanol–water partition coefficient (Wildman–Crippen LogP) is 3.39. The molecule has 1 saturated heterocycles. The first-order valence-electron chi connectivity index (χ1n) is 8.74. The van der Waals surface area contributed by atoms with Crippen LogP contribution in [0.5, 0.6) is 11.5 Å². The summed E-state index contributed by atoms with van der Waals surface area (Å²) in [7, 11) is 2.91. The molecule has 1 aliphatic heterocycles. The van der Waals surface area contributed by atoms with Crippen molar-refractivity contribution in [1.29, 1.82) is 0 Å². The fourth-order valence-corrected chi connectivity index (χ4v) is 3.36. The molecule has 1 heterocycles. The molecule has 0 unspecified atom stereocenters. The predicted molar refractivity (Wildman–Crippen MR) is 109 cm³/mol. The number of likely N-dealkylation sites (tertiary alicyclic amines) is 1. The number of rotatable bonds is 7. The molecule has 1 aromatic rings. The molecule has 1 aliphatic rings. The van der Waals surface area contributed by atoms with Crippen LogP contribution in [0.3, 0.4) is 0 Å². The van der Waals surface area contributed by atoms with Gasteiger partial charge in [-0.1, -0.05) is 34.8 Å². The second-order valence-electron chi connectivity index (χ2n) is 6.39. The molecule has 0 radical (unpaired) electrons. The number of benzene rings is 1. The number of alkyl halides is 3. The maximum Gasteiger partial charge on any atom is 0.256 e. The third kappa shape index (κ3) is 5.80. The first-order chi connectivity index (χ1) is 13.2. The Morgan fingerprint density at radius 3 is 2.46 bits per heavy atom. The lowest BCUT2D eigenvalue weighted by Gasteiger charge is -2.25. The SMILES string of the molecule is COc1cc(NC(=O)CCC(Cl)(Cl)Cl)c(C(=O)N2CCC[C@H]2CO)cc1OC. The topological polar surface area (TPSA) is 88.1 Å². The lowest BCUT2D eigenvalue weighted by atomic mass is 10.1. The molecule has 28 heavy (non-hydrogen) atoms. The van der Waals surface area contributed by atoms with E-state index < -0.39 is 9.70 Å². The van der Waals surface area contributed by atoms with Crippen LogP contribution in [-0.4, -0.2) is 59.0 Å². The van der Waals surface area contributed by atoms with Gasteiger partial charge in [0.1, 0.15) is 0 Å². The molecule has 1 atom stereocenters. The third-order valence-corrected chi connectivity index (χ3v) is 5.08. The van der Waals surface area contributed by atoms with Gasteiger partial charge < -0.3 is 24.8 Å². The molecule has 2 rings (SSSR count). The summed E-state index contributed by atoms with van der Waals surface area (Å²) in [6.45, 7) is 0.406. The van der Waals surface area contributed by atoms with Gasteiger partial charge in [-0.15, -0.1) is 0 Å². The van der Waals surface area contributed by atoms with Gasteiger partial charge in [0, 0.05) is 25.5 Å². The summed E-state index contributed by atoms with van der Waals surface area (Å²) in [5.74, 6) is -0.0114. The van der Waals surface area contributed by atoms with Crippen molar-refractivity contribution in [2.24, 2.45) is 0 Å². The minimum absolute atomic E-state index is 0.0266. The van der Waals surface area contributed by atoms with Crippen LogP contribution in [-0.2, 0) is 4.79 Å². The lowest BCUT2D eigenvalue weighted by Crippen LogP contribution is -2.38. The van der Waals surface area contributed by atoms with Crippen LogP contribution in [0, 0.1) is 0 Å². The van der Waals surface area contributed by atoms with Gasteiger partial charge in [-0.2, -0.15) is 0 Å². The molecule has 0 bridgehead atoms. The first-order valence-corrected chi connectivity index (χ1v) is 9.88. The van der Waals surface area contributed by atoms with E-state index in [0.29, 0.717) is 18.0 Å². The molecule has 1 fully saturated rings. The Balaban J connectivity index is 2.34. The summed E-state index contributed by atoms with van der Waals surface area (Å²) >= 11 is 17.1. The highest BCUT2D eigenvalue weighted by atomic mass is 35.6. The maximum atomic E-state index is 13.1. The second kappa shape index (κ2) is 9.87. The van der Waals surface area contributed by atoms with Crippen molar-refractivity contribution in [1.82, 2.24) is 4.90 Å². The number of carbonyl (C=O) groups excluding carboxylic acids is 2. The number of aliphatic hydroxyl groups excluding tert-OH is 1. The van der Waals surface area contributed by atoms with E-state index in [1.165, 1.54) is 26.4 Å². The minimum Gasteiger partial charge on any atom is -0.493 e. The Bertz CT molecular complexity index is 724. The molecular formula is C18H23Cl3N2O5. The van der Waals surface area contributed by atoms with Gasteiger partial charge in [-0.05, 0) is 18.9 Å². The van der Waals surface area contributed by atoms with Crippen LogP contribution in [0.4, 0.5) is 5.69 Å². The maximum absolute atomic E-state index is 13.1. The Morgan fingerprint density at radius 2 is 1.89 bits per heavy atom. The number of anilines is 1. The number of carbonyl (C=O) groups is 2. The van der Waals surface area contributed by atoms with Crippen molar-refractivity contribution < 1.29 is 24.2 Å². The van der Waals surface area contributed by atoms with Gasteiger partial charge in [0.15, 0.2) is 15.3 Å². The van der Waals surface area contributed by atoms with Crippen molar-refractivity contribution in [3.05, 3.63) is 17.7 Å². The lowest BCUT2D eigenvalue weighted by molar-refractivity contribution is -0.116. The highest BCUT2D eigenvalue weighted by molar-refractivity contribution is 6.67. The number of ether oxygens (including phenoxy) is 2. The number of halogens is 3. The van der Waals surface area contributed by atoms with Crippen molar-refractivity contribution >= 4 is 52.3 Å². The first kappa shape index (κ1) is 22.9. The molecule has 0 saturated carbocycles. The number of hydrogen-bond donors (Lipinski definition) is 2. The molecule has 2 amide bonds. The number of methoxy groups -OCH3 is 2. The number of aliphatic hydroxyl groups is 1. The zero-order valence-corrected chi connectivity index (χ0v) is 17.9. The number of nitrogens with zero attached hydrogens (tertiary/aromatic N) is 1. The van der Waals surface area contributed by atoms with E-state index in [-0.39, 0.29) is 42.6 Å². The average molecular weight is 454 g/mol. The largest absolute Gasteiger partial charge is 0.493 e. The molecule has 2 N–H and O–H groups in total. The molecular weight excluding hydrogens is 431 g/mol. The van der Waals surface area contributed by atoms with Crippen molar-refractivity contribution in [2.75, 3.05) is 32.7 Å². The summed E-state index contributed by atoms with van der Waals surface area (Å²) < 4.78 is 9.01. The quantitative estimate of drug-likeness (QED) is 0.618. The zero-order chi connectivity index (χ0) is 20.9. The van der Waals surface area contributed by atoms with Crippen LogP contribution >= 0.6 is 34.8 Å². The number of amides is 2. The van der Waals surface area contributed by atoms with Crippen LogP contribution in [0.2, 0.25) is 0 Å². The van der Waals surface area contributed by atoms with Gasteiger partial charge in [-0.25, -0.2) is 0 Å². The summed E-state index contributed by atoms with van der Waals surface area (Å²) in [6, 6.07) is 2.77. The van der Waals surface area contributed by atoms with Gasteiger partial charge in [0.25, 0.3) is 5.91 Å². The standard InChI is InChI=1S/C18H23Cl3N2O5/c1-27-14-8-12(17(26)23-7-3-4-11(23)10-24)13(9-15(14)28-2)22-16(25)5-6-18(19,20)21/h8-9,11,24H,3-7,10H2,1-2H3,(H,22,25)/t11-/m0/s1. The van der Waals surface area contributed by atoms with Gasteiger partial charge in [-0.3, -0.25) is 9.59 Å². The molecule has 7 nitrogen and oxygen atoms in total. The van der Waals surface area contributed by atoms with E-state index in [1.807, 2.05) is 0 Å².